The van der Waals surface area contributed by atoms with E-state index in [1.54, 1.807) is 18.3 Å². The number of benzene rings is 1. The van der Waals surface area contributed by atoms with E-state index in [1.807, 2.05) is 19.9 Å². The molecule has 2 rings (SSSR count). The fourth-order valence-corrected chi connectivity index (χ4v) is 4.82. The number of rotatable bonds is 5. The summed E-state index contributed by atoms with van der Waals surface area (Å²) >= 11 is 0. The molecule has 1 aromatic carbocycles. The van der Waals surface area contributed by atoms with E-state index in [0.29, 0.717) is 6.54 Å². The Kier molecular flexibility index (Phi) is 5.45. The van der Waals surface area contributed by atoms with Crippen LogP contribution in [0, 0.1) is 31.1 Å². The van der Waals surface area contributed by atoms with Crippen molar-refractivity contribution in [1.82, 2.24) is 8.61 Å². The van der Waals surface area contributed by atoms with Gasteiger partial charge in [0.05, 0.1) is 18.0 Å². The second-order valence-corrected chi connectivity index (χ2v) is 8.44. The van der Waals surface area contributed by atoms with Crippen molar-refractivity contribution in [3.05, 3.63) is 34.9 Å². The van der Waals surface area contributed by atoms with Crippen molar-refractivity contribution in [3.8, 4) is 6.07 Å². The van der Waals surface area contributed by atoms with Gasteiger partial charge in [0, 0.05) is 20.1 Å². The first-order valence-corrected chi connectivity index (χ1v) is 9.37. The Morgan fingerprint density at radius 2 is 2.13 bits per heavy atom. The van der Waals surface area contributed by atoms with E-state index < -0.39 is 10.2 Å². The van der Waals surface area contributed by atoms with Crippen molar-refractivity contribution in [2.75, 3.05) is 20.1 Å². The molecule has 0 unspecified atom stereocenters. The molecule has 1 saturated heterocycles. The zero-order valence-electron chi connectivity index (χ0n) is 14.3. The first kappa shape index (κ1) is 17.9. The highest BCUT2D eigenvalue weighted by Crippen LogP contribution is 2.36. The van der Waals surface area contributed by atoms with E-state index in [4.69, 9.17) is 5.26 Å². The van der Waals surface area contributed by atoms with Gasteiger partial charge in [-0.25, -0.2) is 0 Å². The van der Waals surface area contributed by atoms with E-state index in [1.165, 1.54) is 4.31 Å². The lowest BCUT2D eigenvalue weighted by molar-refractivity contribution is 0.339. The molecule has 1 aromatic rings. The fourth-order valence-electron chi connectivity index (χ4n) is 3.15. The molecule has 0 aromatic heterocycles. The van der Waals surface area contributed by atoms with Gasteiger partial charge in [0.2, 0.25) is 0 Å². The van der Waals surface area contributed by atoms with Crippen molar-refractivity contribution < 1.29 is 8.42 Å². The fraction of sp³-hybridized carbons (Fsp3) is 0.588. The van der Waals surface area contributed by atoms with Gasteiger partial charge >= 0.3 is 0 Å². The summed E-state index contributed by atoms with van der Waals surface area (Å²) in [5.74, 6) is -0.323. The van der Waals surface area contributed by atoms with Gasteiger partial charge in [-0.1, -0.05) is 23.8 Å². The van der Waals surface area contributed by atoms with Gasteiger partial charge in [-0.2, -0.15) is 22.3 Å². The van der Waals surface area contributed by atoms with Crippen LogP contribution in [0.1, 0.15) is 42.5 Å². The minimum atomic E-state index is -3.56. The predicted molar refractivity (Wildman–Crippen MR) is 90.9 cm³/mol. The average Bonchev–Trinajstić information content (AvgIpc) is 2.99. The van der Waals surface area contributed by atoms with E-state index in [0.717, 1.165) is 29.5 Å². The maximum absolute atomic E-state index is 12.9. The Balaban J connectivity index is 2.31. The molecule has 5 nitrogen and oxygen atoms in total. The van der Waals surface area contributed by atoms with Gasteiger partial charge in [0.25, 0.3) is 10.2 Å². The molecule has 2 atom stereocenters. The summed E-state index contributed by atoms with van der Waals surface area (Å²) in [5, 5.41) is 8.93. The zero-order chi connectivity index (χ0) is 17.2. The Morgan fingerprint density at radius 1 is 1.43 bits per heavy atom. The molecule has 0 N–H and O–H groups in total. The third kappa shape index (κ3) is 3.74. The van der Waals surface area contributed by atoms with Gasteiger partial charge in [-0.15, -0.1) is 0 Å². The molecule has 0 radical (unpaired) electrons. The Labute approximate surface area is 139 Å². The number of aryl methyl sites for hydroxylation is 2. The molecule has 1 fully saturated rings. The van der Waals surface area contributed by atoms with Crippen LogP contribution < -0.4 is 0 Å². The SMILES string of the molecule is Cc1ccc(C)c([C@H]2CCCN2S(=O)(=O)N(C)C[C@@H](C)C#N)c1. The molecule has 23 heavy (non-hydrogen) atoms. The molecule has 0 bridgehead atoms. The lowest BCUT2D eigenvalue weighted by Gasteiger charge is -2.30. The van der Waals surface area contributed by atoms with Gasteiger partial charge in [0.15, 0.2) is 0 Å². The van der Waals surface area contributed by atoms with Gasteiger partial charge in [-0.05, 0) is 44.7 Å². The Morgan fingerprint density at radius 3 is 2.78 bits per heavy atom. The molecular formula is C17H25N3O2S. The first-order valence-electron chi connectivity index (χ1n) is 7.97. The molecular weight excluding hydrogens is 310 g/mol. The van der Waals surface area contributed by atoms with Crippen molar-refractivity contribution in [3.63, 3.8) is 0 Å². The highest BCUT2D eigenvalue weighted by Gasteiger charge is 2.38. The van der Waals surface area contributed by atoms with Crippen molar-refractivity contribution in [2.24, 2.45) is 5.92 Å². The Hall–Kier alpha value is -1.42. The van der Waals surface area contributed by atoms with Crippen LogP contribution in [0.4, 0.5) is 0 Å². The topological polar surface area (TPSA) is 64.4 Å². The minimum absolute atomic E-state index is 0.111. The van der Waals surface area contributed by atoms with Crippen LogP contribution in [0.25, 0.3) is 0 Å². The van der Waals surface area contributed by atoms with Gasteiger partial charge in [-0.3, -0.25) is 0 Å². The van der Waals surface area contributed by atoms with Crippen LogP contribution in [0.15, 0.2) is 18.2 Å². The second kappa shape index (κ2) is 7.00. The third-order valence-electron chi connectivity index (χ3n) is 4.44. The molecule has 126 valence electrons. The van der Waals surface area contributed by atoms with Crippen molar-refractivity contribution in [1.29, 1.82) is 5.26 Å². The number of nitriles is 1. The largest absolute Gasteiger partial charge is 0.282 e. The summed E-state index contributed by atoms with van der Waals surface area (Å²) in [4.78, 5) is 0. The third-order valence-corrected chi connectivity index (χ3v) is 6.41. The lowest BCUT2D eigenvalue weighted by Crippen LogP contribution is -2.43. The van der Waals surface area contributed by atoms with E-state index in [2.05, 4.69) is 18.2 Å². The quantitative estimate of drug-likeness (QED) is 0.831. The zero-order valence-corrected chi connectivity index (χ0v) is 15.1. The van der Waals surface area contributed by atoms with Crippen LogP contribution >= 0.6 is 0 Å². The molecule has 1 aliphatic rings. The number of hydrogen-bond donors (Lipinski definition) is 0. The molecule has 0 saturated carbocycles. The molecule has 0 spiro atoms. The van der Waals surface area contributed by atoms with Crippen molar-refractivity contribution >= 4 is 10.2 Å². The summed E-state index contributed by atoms with van der Waals surface area (Å²) in [5.41, 5.74) is 3.35. The summed E-state index contributed by atoms with van der Waals surface area (Å²) in [6.45, 7) is 6.54. The number of hydrogen-bond acceptors (Lipinski definition) is 3. The normalized spacial score (nSPS) is 20.6. The highest BCUT2D eigenvalue weighted by atomic mass is 32.2. The predicted octanol–water partition coefficient (Wildman–Crippen LogP) is 2.78. The van der Waals surface area contributed by atoms with Gasteiger partial charge in [0.1, 0.15) is 0 Å². The summed E-state index contributed by atoms with van der Waals surface area (Å²) in [6.07, 6.45) is 1.70. The van der Waals surface area contributed by atoms with Crippen molar-refractivity contribution in [2.45, 2.75) is 39.7 Å². The van der Waals surface area contributed by atoms with Crippen LogP contribution in [0.5, 0.6) is 0 Å². The Bertz CT molecular complexity index is 709. The smallest absolute Gasteiger partial charge is 0.198 e. The molecule has 1 heterocycles. The van der Waals surface area contributed by atoms with Crippen LogP contribution in [0.2, 0.25) is 0 Å². The maximum atomic E-state index is 12.9. The lowest BCUT2D eigenvalue weighted by atomic mass is 9.98. The highest BCUT2D eigenvalue weighted by molar-refractivity contribution is 7.86. The number of nitrogens with zero attached hydrogens (tertiary/aromatic N) is 3. The van der Waals surface area contributed by atoms with E-state index in [-0.39, 0.29) is 18.5 Å². The molecule has 1 aliphatic heterocycles. The molecule has 6 heteroatoms. The van der Waals surface area contributed by atoms with E-state index >= 15 is 0 Å². The monoisotopic (exact) mass is 335 g/mol. The summed E-state index contributed by atoms with van der Waals surface area (Å²) in [6, 6.07) is 8.17. The second-order valence-electron chi connectivity index (χ2n) is 6.45. The van der Waals surface area contributed by atoms with Crippen LogP contribution in [-0.4, -0.2) is 37.2 Å². The summed E-state index contributed by atoms with van der Waals surface area (Å²) < 4.78 is 28.7. The first-order chi connectivity index (χ1) is 10.8. The van der Waals surface area contributed by atoms with Gasteiger partial charge < -0.3 is 0 Å². The minimum Gasteiger partial charge on any atom is -0.198 e. The van der Waals surface area contributed by atoms with Crippen LogP contribution in [-0.2, 0) is 10.2 Å². The molecule has 0 amide bonds. The van der Waals surface area contributed by atoms with Crippen LogP contribution in [0.3, 0.4) is 0 Å². The summed E-state index contributed by atoms with van der Waals surface area (Å²) in [7, 11) is -2.00. The van der Waals surface area contributed by atoms with E-state index in [9.17, 15) is 8.42 Å². The average molecular weight is 335 g/mol. The molecule has 0 aliphatic carbocycles. The maximum Gasteiger partial charge on any atom is 0.282 e. The standard InChI is InChI=1S/C17H25N3O2S/c1-13-7-8-15(3)16(10-13)17-6-5-9-20(17)23(21,22)19(4)12-14(2)11-18/h7-8,10,14,17H,5-6,9,12H2,1-4H3/t14-,17+/m0/s1.